The number of pyridine rings is 1. The normalized spacial score (nSPS) is 20.7. The van der Waals surface area contributed by atoms with Crippen molar-refractivity contribution >= 4 is 5.82 Å². The van der Waals surface area contributed by atoms with Gasteiger partial charge in [0.15, 0.2) is 11.5 Å². The van der Waals surface area contributed by atoms with Crippen molar-refractivity contribution in [2.75, 3.05) is 18.6 Å². The van der Waals surface area contributed by atoms with Gasteiger partial charge < -0.3 is 20.5 Å². The lowest BCUT2D eigenvalue weighted by atomic mass is 9.91. The van der Waals surface area contributed by atoms with Crippen LogP contribution in [0.4, 0.5) is 10.2 Å². The topological polar surface area (TPSA) is 119 Å². The van der Waals surface area contributed by atoms with Gasteiger partial charge in [0.05, 0.1) is 12.7 Å². The molecule has 1 saturated carbocycles. The molecule has 2 aliphatic rings. The molecule has 2 bridgehead atoms. The Morgan fingerprint density at radius 2 is 1.94 bits per heavy atom. The van der Waals surface area contributed by atoms with E-state index in [4.69, 9.17) is 15.7 Å². The molecule has 3 atom stereocenters. The summed E-state index contributed by atoms with van der Waals surface area (Å²) in [5.74, 6) is 0.474. The number of aromatic nitrogens is 1. The Bertz CT molecular complexity index is 1370. The molecular weight excluding hydrogens is 433 g/mol. The van der Waals surface area contributed by atoms with Gasteiger partial charge in [-0.25, -0.2) is 9.37 Å². The van der Waals surface area contributed by atoms with E-state index in [0.29, 0.717) is 45.3 Å². The highest BCUT2D eigenvalue weighted by Crippen LogP contribution is 2.45. The van der Waals surface area contributed by atoms with E-state index in [2.05, 4.69) is 16.0 Å². The molecule has 1 aromatic heterocycles. The van der Waals surface area contributed by atoms with Gasteiger partial charge >= 0.3 is 0 Å². The second-order valence-electron chi connectivity index (χ2n) is 8.75. The van der Waals surface area contributed by atoms with E-state index in [1.165, 1.54) is 25.3 Å². The third kappa shape index (κ3) is 3.40. The molecule has 3 N–H and O–H groups in total. The third-order valence-electron chi connectivity index (χ3n) is 6.91. The molecule has 8 heteroatoms. The van der Waals surface area contributed by atoms with Crippen molar-refractivity contribution in [2.45, 2.75) is 24.9 Å². The Morgan fingerprint density at radius 3 is 2.53 bits per heavy atom. The number of methoxy groups -OCH3 is 1. The van der Waals surface area contributed by atoms with Gasteiger partial charge in [-0.3, -0.25) is 0 Å². The molecule has 1 aliphatic carbocycles. The number of halogens is 1. The van der Waals surface area contributed by atoms with Crippen LogP contribution in [0.5, 0.6) is 11.5 Å². The van der Waals surface area contributed by atoms with Crippen LogP contribution in [0.15, 0.2) is 42.6 Å². The first kappa shape index (κ1) is 21.7. The Kier molecular flexibility index (Phi) is 5.31. The fourth-order valence-electron chi connectivity index (χ4n) is 5.22. The highest BCUT2D eigenvalue weighted by atomic mass is 19.1. The fourth-order valence-corrected chi connectivity index (χ4v) is 5.22. The van der Waals surface area contributed by atoms with Crippen LogP contribution in [-0.2, 0) is 0 Å². The van der Waals surface area contributed by atoms with Crippen LogP contribution in [0, 0.1) is 34.4 Å². The van der Waals surface area contributed by atoms with E-state index >= 15 is 0 Å². The lowest BCUT2D eigenvalue weighted by Gasteiger charge is -2.32. The highest BCUT2D eigenvalue weighted by Gasteiger charge is 2.44. The van der Waals surface area contributed by atoms with Crippen molar-refractivity contribution < 1.29 is 14.2 Å². The number of nitriles is 2. The zero-order chi connectivity index (χ0) is 24.0. The molecule has 170 valence electrons. The van der Waals surface area contributed by atoms with Gasteiger partial charge in [0.25, 0.3) is 0 Å². The molecule has 0 amide bonds. The molecule has 3 unspecified atom stereocenters. The van der Waals surface area contributed by atoms with Gasteiger partial charge in [-0.05, 0) is 54.2 Å². The SMILES string of the molecule is COc1ccc(-c2cnc(N3CC4CC3CC4N)c(C#N)c2-c2ccc(C#N)c(F)c2)cc1O. The minimum Gasteiger partial charge on any atom is -0.504 e. The molecule has 2 heterocycles. The summed E-state index contributed by atoms with van der Waals surface area (Å²) in [6.07, 6.45) is 3.45. The van der Waals surface area contributed by atoms with Crippen molar-refractivity contribution in [3.05, 3.63) is 59.5 Å². The molecule has 0 spiro atoms. The molecular formula is C26H22FN5O2. The van der Waals surface area contributed by atoms with Crippen LogP contribution in [-0.4, -0.2) is 35.8 Å². The largest absolute Gasteiger partial charge is 0.504 e. The lowest BCUT2D eigenvalue weighted by molar-refractivity contribution is 0.373. The zero-order valence-corrected chi connectivity index (χ0v) is 18.5. The molecule has 3 aromatic rings. The van der Waals surface area contributed by atoms with Gasteiger partial charge in [-0.1, -0.05) is 12.1 Å². The minimum atomic E-state index is -0.669. The Morgan fingerprint density at radius 1 is 1.15 bits per heavy atom. The first-order chi connectivity index (χ1) is 16.4. The zero-order valence-electron chi connectivity index (χ0n) is 18.5. The Labute approximate surface area is 196 Å². The quantitative estimate of drug-likeness (QED) is 0.611. The number of nitrogens with two attached hydrogens (primary N) is 1. The number of rotatable bonds is 4. The number of fused-ring (bicyclic) bond motifs is 2. The van der Waals surface area contributed by atoms with E-state index in [0.717, 1.165) is 19.4 Å². The van der Waals surface area contributed by atoms with Gasteiger partial charge in [-0.2, -0.15) is 10.5 Å². The molecule has 34 heavy (non-hydrogen) atoms. The summed E-state index contributed by atoms with van der Waals surface area (Å²) in [4.78, 5) is 6.80. The average molecular weight is 455 g/mol. The number of nitrogens with zero attached hydrogens (tertiary/aromatic N) is 4. The highest BCUT2D eigenvalue weighted by molar-refractivity contribution is 5.90. The predicted octanol–water partition coefficient (Wildman–Crippen LogP) is 3.94. The number of hydrogen-bond donors (Lipinski definition) is 2. The van der Waals surface area contributed by atoms with Crippen molar-refractivity contribution in [1.82, 2.24) is 4.98 Å². The lowest BCUT2D eigenvalue weighted by Crippen LogP contribution is -2.41. The maximum atomic E-state index is 14.6. The number of aromatic hydroxyl groups is 1. The monoisotopic (exact) mass is 455 g/mol. The van der Waals surface area contributed by atoms with Crippen molar-refractivity contribution in [2.24, 2.45) is 11.7 Å². The molecule has 2 fully saturated rings. The summed E-state index contributed by atoms with van der Waals surface area (Å²) in [6.45, 7) is 0.720. The summed E-state index contributed by atoms with van der Waals surface area (Å²) in [7, 11) is 1.46. The summed E-state index contributed by atoms with van der Waals surface area (Å²) < 4.78 is 19.8. The standard InChI is InChI=1S/C26H22FN5O2/c1-34-24-5-4-14(8-23(24)33)20-12-31-26(32-13-17-6-18(32)9-22(17)30)19(11-29)25(20)15-2-3-16(10-28)21(27)7-15/h2-5,7-8,12,17-18,22,33H,6,9,13,30H2,1H3. The van der Waals surface area contributed by atoms with Gasteiger partial charge in [-0.15, -0.1) is 0 Å². The first-order valence-corrected chi connectivity index (χ1v) is 11.0. The van der Waals surface area contributed by atoms with E-state index < -0.39 is 5.82 Å². The molecule has 7 nitrogen and oxygen atoms in total. The van der Waals surface area contributed by atoms with Crippen LogP contribution in [0.2, 0.25) is 0 Å². The number of benzene rings is 2. The van der Waals surface area contributed by atoms with Crippen LogP contribution in [0.3, 0.4) is 0 Å². The minimum absolute atomic E-state index is 0.0645. The van der Waals surface area contributed by atoms with E-state index in [-0.39, 0.29) is 23.4 Å². The summed E-state index contributed by atoms with van der Waals surface area (Å²) in [5, 5.41) is 29.8. The number of piperidine rings is 1. The van der Waals surface area contributed by atoms with Crippen LogP contribution in [0.1, 0.15) is 24.0 Å². The smallest absolute Gasteiger partial charge is 0.160 e. The van der Waals surface area contributed by atoms with Crippen molar-refractivity contribution in [1.29, 1.82) is 10.5 Å². The molecule has 5 rings (SSSR count). The second-order valence-corrected chi connectivity index (χ2v) is 8.75. The number of hydrogen-bond acceptors (Lipinski definition) is 7. The van der Waals surface area contributed by atoms with Gasteiger partial charge in [0, 0.05) is 36.0 Å². The van der Waals surface area contributed by atoms with Crippen LogP contribution in [0.25, 0.3) is 22.3 Å². The summed E-state index contributed by atoms with van der Waals surface area (Å²) in [5.41, 5.74) is 8.55. The fraction of sp³-hybridized carbons (Fsp3) is 0.269. The predicted molar refractivity (Wildman–Crippen MR) is 125 cm³/mol. The van der Waals surface area contributed by atoms with Crippen LogP contribution >= 0.6 is 0 Å². The number of ether oxygens (including phenoxy) is 1. The maximum Gasteiger partial charge on any atom is 0.160 e. The molecule has 1 aliphatic heterocycles. The van der Waals surface area contributed by atoms with E-state index in [1.54, 1.807) is 24.4 Å². The van der Waals surface area contributed by atoms with Gasteiger partial charge in [0.2, 0.25) is 0 Å². The third-order valence-corrected chi connectivity index (χ3v) is 6.91. The van der Waals surface area contributed by atoms with E-state index in [1.807, 2.05) is 6.07 Å². The summed E-state index contributed by atoms with van der Waals surface area (Å²) in [6, 6.07) is 13.7. The Balaban J connectivity index is 1.73. The second kappa shape index (κ2) is 8.33. The van der Waals surface area contributed by atoms with Crippen molar-refractivity contribution in [3.8, 4) is 45.9 Å². The van der Waals surface area contributed by atoms with E-state index in [9.17, 15) is 14.8 Å². The van der Waals surface area contributed by atoms with Crippen LogP contribution < -0.4 is 15.4 Å². The average Bonchev–Trinajstić information content (AvgIpc) is 3.42. The molecule has 0 radical (unpaired) electrons. The molecule has 1 saturated heterocycles. The molecule has 2 aromatic carbocycles. The number of phenols is 1. The maximum absolute atomic E-state index is 14.6. The first-order valence-electron chi connectivity index (χ1n) is 11.0. The van der Waals surface area contributed by atoms with Gasteiger partial charge in [0.1, 0.15) is 29.3 Å². The number of phenolic OH excluding ortho intramolecular Hbond substituents is 1. The Hall–Kier alpha value is -4.14. The number of anilines is 1. The van der Waals surface area contributed by atoms with Crippen molar-refractivity contribution in [3.63, 3.8) is 0 Å². The summed E-state index contributed by atoms with van der Waals surface area (Å²) >= 11 is 0.